The second kappa shape index (κ2) is 10.3. The molecule has 1 aromatic carbocycles. The van der Waals surface area contributed by atoms with Crippen molar-refractivity contribution < 1.29 is 0 Å². The summed E-state index contributed by atoms with van der Waals surface area (Å²) in [6, 6.07) is 13.0. The minimum Gasteiger partial charge on any atom is -0.340 e. The van der Waals surface area contributed by atoms with Crippen molar-refractivity contribution in [1.29, 1.82) is 0 Å². The molecule has 0 bridgehead atoms. The SMILES string of the molecule is Cc1nc(-c2cc3cc[nH]c(=O)c3c(Nc3ccc(CCN4CCC(N(C)C)CC4)cc3)n2)cs1. The van der Waals surface area contributed by atoms with Crippen LogP contribution in [-0.2, 0) is 6.42 Å². The molecule has 5 rings (SSSR count). The number of aromatic nitrogens is 3. The van der Waals surface area contributed by atoms with Gasteiger partial charge >= 0.3 is 0 Å². The molecular weight excluding hydrogens is 456 g/mol. The summed E-state index contributed by atoms with van der Waals surface area (Å²) < 4.78 is 0. The van der Waals surface area contributed by atoms with E-state index in [0.29, 0.717) is 17.2 Å². The van der Waals surface area contributed by atoms with Gasteiger partial charge in [0.05, 0.1) is 21.8 Å². The molecule has 1 aliphatic heterocycles. The Kier molecular flexibility index (Phi) is 6.95. The van der Waals surface area contributed by atoms with Crippen molar-refractivity contribution in [2.75, 3.05) is 39.0 Å². The van der Waals surface area contributed by atoms with E-state index in [1.54, 1.807) is 17.5 Å². The number of anilines is 2. The van der Waals surface area contributed by atoms with Gasteiger partial charge in [0.15, 0.2) is 0 Å². The van der Waals surface area contributed by atoms with E-state index in [0.717, 1.165) is 40.4 Å². The van der Waals surface area contributed by atoms with Crippen LogP contribution in [0.15, 0.2) is 52.8 Å². The number of likely N-dealkylation sites (tertiary alicyclic amines) is 1. The Morgan fingerprint density at radius 1 is 1.11 bits per heavy atom. The summed E-state index contributed by atoms with van der Waals surface area (Å²) in [6.45, 7) is 5.41. The van der Waals surface area contributed by atoms with Crippen molar-refractivity contribution in [1.82, 2.24) is 24.8 Å². The molecule has 7 nitrogen and oxygen atoms in total. The van der Waals surface area contributed by atoms with Gasteiger partial charge in [0.1, 0.15) is 5.82 Å². The Morgan fingerprint density at radius 3 is 2.57 bits per heavy atom. The lowest BCUT2D eigenvalue weighted by molar-refractivity contribution is 0.146. The zero-order valence-electron chi connectivity index (χ0n) is 20.5. The first-order valence-electron chi connectivity index (χ1n) is 12.2. The Labute approximate surface area is 209 Å². The largest absolute Gasteiger partial charge is 0.340 e. The Morgan fingerprint density at radius 2 is 1.89 bits per heavy atom. The van der Waals surface area contributed by atoms with Crippen molar-refractivity contribution in [2.45, 2.75) is 32.2 Å². The van der Waals surface area contributed by atoms with Gasteiger partial charge in [-0.3, -0.25) is 4.79 Å². The lowest BCUT2D eigenvalue weighted by Gasteiger charge is -2.35. The molecule has 0 radical (unpaired) electrons. The molecule has 182 valence electrons. The van der Waals surface area contributed by atoms with Gasteiger partial charge in [0.2, 0.25) is 0 Å². The van der Waals surface area contributed by atoms with Gasteiger partial charge in [-0.1, -0.05) is 12.1 Å². The highest BCUT2D eigenvalue weighted by molar-refractivity contribution is 7.09. The highest BCUT2D eigenvalue weighted by atomic mass is 32.1. The number of hydrogen-bond donors (Lipinski definition) is 2. The number of hydrogen-bond acceptors (Lipinski definition) is 7. The van der Waals surface area contributed by atoms with Crippen LogP contribution < -0.4 is 10.9 Å². The smallest absolute Gasteiger partial charge is 0.259 e. The average molecular weight is 489 g/mol. The van der Waals surface area contributed by atoms with E-state index in [-0.39, 0.29) is 5.56 Å². The van der Waals surface area contributed by atoms with Crippen molar-refractivity contribution >= 4 is 33.6 Å². The van der Waals surface area contributed by atoms with Gasteiger partial charge in [0.25, 0.3) is 5.56 Å². The maximum Gasteiger partial charge on any atom is 0.259 e. The predicted molar refractivity (Wildman–Crippen MR) is 145 cm³/mol. The third-order valence-corrected chi connectivity index (χ3v) is 7.63. The van der Waals surface area contributed by atoms with Gasteiger partial charge in [0, 0.05) is 29.9 Å². The summed E-state index contributed by atoms with van der Waals surface area (Å²) >= 11 is 1.59. The van der Waals surface area contributed by atoms with Crippen LogP contribution in [0.4, 0.5) is 11.5 Å². The van der Waals surface area contributed by atoms with Gasteiger partial charge in [-0.05, 0) is 88.6 Å². The van der Waals surface area contributed by atoms with E-state index < -0.39 is 0 Å². The Balaban J connectivity index is 1.31. The summed E-state index contributed by atoms with van der Waals surface area (Å²) in [5.41, 5.74) is 3.64. The van der Waals surface area contributed by atoms with E-state index in [2.05, 4.69) is 63.4 Å². The van der Waals surface area contributed by atoms with Gasteiger partial charge in [-0.15, -0.1) is 11.3 Å². The van der Waals surface area contributed by atoms with Crippen LogP contribution in [0.5, 0.6) is 0 Å². The number of nitrogens with one attached hydrogen (secondary N) is 2. The number of H-pyrrole nitrogens is 1. The number of fused-ring (bicyclic) bond motifs is 1. The molecule has 4 heterocycles. The monoisotopic (exact) mass is 488 g/mol. The lowest BCUT2D eigenvalue weighted by Crippen LogP contribution is -2.42. The van der Waals surface area contributed by atoms with Crippen LogP contribution in [0.3, 0.4) is 0 Å². The summed E-state index contributed by atoms with van der Waals surface area (Å²) in [7, 11) is 4.36. The third kappa shape index (κ3) is 5.45. The molecule has 8 heteroatoms. The molecule has 0 spiro atoms. The number of piperidine rings is 1. The van der Waals surface area contributed by atoms with Crippen molar-refractivity contribution in [2.24, 2.45) is 0 Å². The third-order valence-electron chi connectivity index (χ3n) is 6.86. The highest BCUT2D eigenvalue weighted by Gasteiger charge is 2.20. The molecule has 3 aromatic heterocycles. The van der Waals surface area contributed by atoms with Crippen molar-refractivity contribution in [3.63, 3.8) is 0 Å². The van der Waals surface area contributed by atoms with Gasteiger partial charge in [-0.25, -0.2) is 9.97 Å². The fourth-order valence-electron chi connectivity index (χ4n) is 4.75. The highest BCUT2D eigenvalue weighted by Crippen LogP contribution is 2.28. The van der Waals surface area contributed by atoms with Crippen LogP contribution in [0.2, 0.25) is 0 Å². The van der Waals surface area contributed by atoms with Crippen LogP contribution >= 0.6 is 11.3 Å². The number of thiazole rings is 1. The molecular formula is C27H32N6OS. The van der Waals surface area contributed by atoms with E-state index in [9.17, 15) is 4.79 Å². The Hall–Kier alpha value is -3.07. The topological polar surface area (TPSA) is 77.2 Å². The van der Waals surface area contributed by atoms with E-state index in [4.69, 9.17) is 4.98 Å². The minimum absolute atomic E-state index is 0.159. The summed E-state index contributed by atoms with van der Waals surface area (Å²) in [5, 5.41) is 7.75. The van der Waals surface area contributed by atoms with Crippen molar-refractivity contribution in [3.8, 4) is 11.4 Å². The average Bonchev–Trinajstić information content (AvgIpc) is 3.30. The minimum atomic E-state index is -0.159. The van der Waals surface area contributed by atoms with Crippen molar-refractivity contribution in [3.05, 3.63) is 68.9 Å². The number of pyridine rings is 2. The number of nitrogens with zero attached hydrogens (tertiary/aromatic N) is 4. The normalized spacial score (nSPS) is 15.2. The quantitative estimate of drug-likeness (QED) is 0.394. The predicted octanol–water partition coefficient (Wildman–Crippen LogP) is 4.67. The Bertz CT molecular complexity index is 1350. The molecule has 0 aliphatic carbocycles. The van der Waals surface area contributed by atoms with Crippen LogP contribution in [0, 0.1) is 6.92 Å². The number of benzene rings is 1. The number of rotatable bonds is 7. The molecule has 1 aliphatic rings. The molecule has 0 unspecified atom stereocenters. The lowest BCUT2D eigenvalue weighted by atomic mass is 10.0. The van der Waals surface area contributed by atoms with E-state index in [1.807, 2.05) is 24.4 Å². The zero-order chi connectivity index (χ0) is 24.4. The summed E-state index contributed by atoms with van der Waals surface area (Å²) in [5.74, 6) is 0.543. The van der Waals surface area contributed by atoms with Crippen LogP contribution in [-0.4, -0.2) is 64.5 Å². The van der Waals surface area contributed by atoms with E-state index in [1.165, 1.54) is 31.5 Å². The first-order chi connectivity index (χ1) is 17.0. The molecule has 1 saturated heterocycles. The first kappa shape index (κ1) is 23.7. The summed E-state index contributed by atoms with van der Waals surface area (Å²) in [6.07, 6.45) is 5.19. The standard InChI is InChI=1S/C27H32N6OS/c1-18-29-24(17-35-18)23-16-20-8-12-28-27(34)25(20)26(31-23)30-21-6-4-19(5-7-21)9-13-33-14-10-22(11-15-33)32(2)3/h4-8,12,16-17,22H,9-11,13-15H2,1-3H3,(H,28,34)(H,30,31). The molecule has 0 amide bonds. The molecule has 0 atom stereocenters. The molecule has 0 saturated carbocycles. The fraction of sp³-hybridized carbons (Fsp3) is 0.370. The van der Waals surface area contributed by atoms with Gasteiger partial charge < -0.3 is 20.1 Å². The summed E-state index contributed by atoms with van der Waals surface area (Å²) in [4.78, 5) is 29.7. The number of aryl methyl sites for hydroxylation is 1. The second-order valence-electron chi connectivity index (χ2n) is 9.49. The number of aromatic amines is 1. The van der Waals surface area contributed by atoms with Crippen LogP contribution in [0.1, 0.15) is 23.4 Å². The molecule has 2 N–H and O–H groups in total. The fourth-order valence-corrected chi connectivity index (χ4v) is 5.36. The van der Waals surface area contributed by atoms with Gasteiger partial charge in [-0.2, -0.15) is 0 Å². The molecule has 1 fully saturated rings. The van der Waals surface area contributed by atoms with E-state index >= 15 is 0 Å². The zero-order valence-corrected chi connectivity index (χ0v) is 21.4. The maximum atomic E-state index is 12.6. The molecule has 4 aromatic rings. The second-order valence-corrected chi connectivity index (χ2v) is 10.5. The maximum absolute atomic E-state index is 12.6. The molecule has 35 heavy (non-hydrogen) atoms. The first-order valence-corrected chi connectivity index (χ1v) is 13.0. The van der Waals surface area contributed by atoms with Crippen LogP contribution in [0.25, 0.3) is 22.2 Å².